The van der Waals surface area contributed by atoms with Gasteiger partial charge in [-0.05, 0) is 42.7 Å². The maximum atomic E-state index is 12.7. The summed E-state index contributed by atoms with van der Waals surface area (Å²) in [5.41, 5.74) is 2.37. The zero-order valence-electron chi connectivity index (χ0n) is 18.2. The predicted molar refractivity (Wildman–Crippen MR) is 115 cm³/mol. The number of benzene rings is 1. The summed E-state index contributed by atoms with van der Waals surface area (Å²) in [6.45, 7) is 7.63. The standard InChI is InChI=1S/C22H28N6O3/c1-15(2)12-17-13-19(25-24-17)22(29)28-10-8-27(9-11-28)14-20-23-21(26-31-20)16-4-6-18(30-3)7-5-16/h4-7,13,15H,8-12,14H2,1-3H3,(H,24,25). The summed E-state index contributed by atoms with van der Waals surface area (Å²) in [7, 11) is 1.63. The third kappa shape index (κ3) is 5.11. The molecule has 1 aliphatic rings. The van der Waals surface area contributed by atoms with E-state index in [-0.39, 0.29) is 5.91 Å². The second kappa shape index (κ2) is 9.30. The first-order chi connectivity index (χ1) is 15.0. The molecular formula is C22H28N6O3. The Bertz CT molecular complexity index is 1000. The predicted octanol–water partition coefficient (Wildman–Crippen LogP) is 2.62. The highest BCUT2D eigenvalue weighted by Gasteiger charge is 2.25. The lowest BCUT2D eigenvalue weighted by Crippen LogP contribution is -2.48. The van der Waals surface area contributed by atoms with Crippen molar-refractivity contribution in [2.24, 2.45) is 5.92 Å². The van der Waals surface area contributed by atoms with Gasteiger partial charge in [-0.2, -0.15) is 10.1 Å². The summed E-state index contributed by atoms with van der Waals surface area (Å²) in [6, 6.07) is 9.41. The number of hydrogen-bond acceptors (Lipinski definition) is 7. The van der Waals surface area contributed by atoms with Gasteiger partial charge in [0.1, 0.15) is 11.4 Å². The van der Waals surface area contributed by atoms with E-state index in [1.165, 1.54) is 0 Å². The maximum absolute atomic E-state index is 12.7. The van der Waals surface area contributed by atoms with Gasteiger partial charge in [-0.1, -0.05) is 19.0 Å². The molecule has 0 atom stereocenters. The molecular weight excluding hydrogens is 396 g/mol. The molecule has 1 N–H and O–H groups in total. The van der Waals surface area contributed by atoms with Crippen molar-refractivity contribution >= 4 is 5.91 Å². The molecule has 0 unspecified atom stereocenters. The number of carbonyl (C=O) groups excluding carboxylic acids is 1. The summed E-state index contributed by atoms with van der Waals surface area (Å²) in [4.78, 5) is 21.3. The van der Waals surface area contributed by atoms with Crippen molar-refractivity contribution in [3.8, 4) is 17.1 Å². The van der Waals surface area contributed by atoms with Crippen LogP contribution in [0.3, 0.4) is 0 Å². The van der Waals surface area contributed by atoms with Crippen LogP contribution in [0.5, 0.6) is 5.75 Å². The monoisotopic (exact) mass is 424 g/mol. The van der Waals surface area contributed by atoms with Crippen molar-refractivity contribution in [1.29, 1.82) is 0 Å². The van der Waals surface area contributed by atoms with Crippen molar-refractivity contribution in [2.75, 3.05) is 33.3 Å². The Morgan fingerprint density at radius 3 is 2.61 bits per heavy atom. The van der Waals surface area contributed by atoms with E-state index in [1.807, 2.05) is 35.2 Å². The van der Waals surface area contributed by atoms with Gasteiger partial charge in [0.15, 0.2) is 0 Å². The lowest BCUT2D eigenvalue weighted by Gasteiger charge is -2.33. The number of H-pyrrole nitrogens is 1. The number of amides is 1. The summed E-state index contributed by atoms with van der Waals surface area (Å²) in [5, 5.41) is 11.3. The van der Waals surface area contributed by atoms with E-state index in [1.54, 1.807) is 7.11 Å². The van der Waals surface area contributed by atoms with Crippen LogP contribution in [-0.2, 0) is 13.0 Å². The van der Waals surface area contributed by atoms with Gasteiger partial charge in [0.2, 0.25) is 11.7 Å². The zero-order chi connectivity index (χ0) is 21.8. The number of ether oxygens (including phenoxy) is 1. The molecule has 0 saturated carbocycles. The minimum absolute atomic E-state index is 0.0227. The summed E-state index contributed by atoms with van der Waals surface area (Å²) in [5.74, 6) is 2.40. The minimum atomic E-state index is -0.0227. The molecule has 1 aliphatic heterocycles. The Morgan fingerprint density at radius 2 is 1.94 bits per heavy atom. The number of carbonyl (C=O) groups is 1. The van der Waals surface area contributed by atoms with E-state index < -0.39 is 0 Å². The lowest BCUT2D eigenvalue weighted by molar-refractivity contribution is 0.0609. The first kappa shape index (κ1) is 21.0. The molecule has 0 bridgehead atoms. The van der Waals surface area contributed by atoms with Gasteiger partial charge in [-0.3, -0.25) is 14.8 Å². The number of piperazine rings is 1. The maximum Gasteiger partial charge on any atom is 0.274 e. The molecule has 9 nitrogen and oxygen atoms in total. The van der Waals surface area contributed by atoms with Crippen molar-refractivity contribution < 1.29 is 14.1 Å². The van der Waals surface area contributed by atoms with Crippen LogP contribution in [-0.4, -0.2) is 69.3 Å². The largest absolute Gasteiger partial charge is 0.497 e. The molecule has 1 saturated heterocycles. The fourth-order valence-electron chi connectivity index (χ4n) is 3.65. The molecule has 3 heterocycles. The molecule has 3 aromatic rings. The molecule has 9 heteroatoms. The highest BCUT2D eigenvalue weighted by molar-refractivity contribution is 5.92. The molecule has 0 spiro atoms. The molecule has 2 aromatic heterocycles. The van der Waals surface area contributed by atoms with Crippen LogP contribution in [0, 0.1) is 5.92 Å². The van der Waals surface area contributed by atoms with Crippen LogP contribution in [0.4, 0.5) is 0 Å². The van der Waals surface area contributed by atoms with E-state index in [2.05, 4.69) is 39.1 Å². The van der Waals surface area contributed by atoms with E-state index in [0.29, 0.717) is 43.0 Å². The van der Waals surface area contributed by atoms with E-state index in [0.717, 1.165) is 36.5 Å². The molecule has 4 rings (SSSR count). The first-order valence-electron chi connectivity index (χ1n) is 10.5. The van der Waals surface area contributed by atoms with Gasteiger partial charge < -0.3 is 14.2 Å². The Balaban J connectivity index is 1.29. The quantitative estimate of drug-likeness (QED) is 0.622. The summed E-state index contributed by atoms with van der Waals surface area (Å²) >= 11 is 0. The molecule has 1 amide bonds. The second-order valence-electron chi connectivity index (χ2n) is 8.18. The third-order valence-electron chi connectivity index (χ3n) is 5.31. The Hall–Kier alpha value is -3.20. The summed E-state index contributed by atoms with van der Waals surface area (Å²) < 4.78 is 10.6. The molecule has 1 aromatic carbocycles. The van der Waals surface area contributed by atoms with Crippen LogP contribution >= 0.6 is 0 Å². The number of aromatic nitrogens is 4. The number of nitrogens with zero attached hydrogens (tertiary/aromatic N) is 5. The Labute approximate surface area is 181 Å². The highest BCUT2D eigenvalue weighted by Crippen LogP contribution is 2.20. The lowest BCUT2D eigenvalue weighted by atomic mass is 10.1. The molecule has 164 valence electrons. The van der Waals surface area contributed by atoms with Gasteiger partial charge in [0, 0.05) is 37.4 Å². The smallest absolute Gasteiger partial charge is 0.274 e. The van der Waals surface area contributed by atoms with Gasteiger partial charge in [-0.25, -0.2) is 0 Å². The van der Waals surface area contributed by atoms with Crippen LogP contribution in [0.1, 0.15) is 35.9 Å². The Morgan fingerprint density at radius 1 is 1.19 bits per heavy atom. The van der Waals surface area contributed by atoms with E-state index >= 15 is 0 Å². The summed E-state index contributed by atoms with van der Waals surface area (Å²) in [6.07, 6.45) is 0.886. The van der Waals surface area contributed by atoms with Crippen molar-refractivity contribution in [2.45, 2.75) is 26.8 Å². The number of methoxy groups -OCH3 is 1. The number of rotatable bonds is 7. The van der Waals surface area contributed by atoms with Gasteiger partial charge >= 0.3 is 0 Å². The molecule has 1 fully saturated rings. The average Bonchev–Trinajstić information content (AvgIpc) is 3.43. The molecule has 31 heavy (non-hydrogen) atoms. The first-order valence-corrected chi connectivity index (χ1v) is 10.5. The number of hydrogen-bond donors (Lipinski definition) is 1. The molecule has 0 aliphatic carbocycles. The van der Waals surface area contributed by atoms with Crippen molar-refractivity contribution in [3.63, 3.8) is 0 Å². The van der Waals surface area contributed by atoms with Gasteiger partial charge in [0.05, 0.1) is 13.7 Å². The highest BCUT2D eigenvalue weighted by atomic mass is 16.5. The third-order valence-corrected chi connectivity index (χ3v) is 5.31. The number of nitrogens with one attached hydrogen (secondary N) is 1. The SMILES string of the molecule is COc1ccc(-c2noc(CN3CCN(C(=O)c4cc(CC(C)C)[nH]n4)CC3)n2)cc1. The average molecular weight is 425 g/mol. The number of aromatic amines is 1. The fourth-order valence-corrected chi connectivity index (χ4v) is 3.65. The van der Waals surface area contributed by atoms with Gasteiger partial charge in [-0.15, -0.1) is 0 Å². The van der Waals surface area contributed by atoms with Crippen LogP contribution in [0.15, 0.2) is 34.9 Å². The van der Waals surface area contributed by atoms with Crippen LogP contribution < -0.4 is 4.74 Å². The zero-order valence-corrected chi connectivity index (χ0v) is 18.2. The van der Waals surface area contributed by atoms with E-state index in [9.17, 15) is 4.79 Å². The topological polar surface area (TPSA) is 100 Å². The van der Waals surface area contributed by atoms with Gasteiger partial charge in [0.25, 0.3) is 5.91 Å². The van der Waals surface area contributed by atoms with Crippen LogP contribution in [0.2, 0.25) is 0 Å². The van der Waals surface area contributed by atoms with Crippen molar-refractivity contribution in [3.05, 3.63) is 47.6 Å². The minimum Gasteiger partial charge on any atom is -0.497 e. The normalized spacial score (nSPS) is 14.9. The Kier molecular flexibility index (Phi) is 6.31. The van der Waals surface area contributed by atoms with Crippen LogP contribution in [0.25, 0.3) is 11.4 Å². The molecule has 0 radical (unpaired) electrons. The fraction of sp³-hybridized carbons (Fsp3) is 0.455. The van der Waals surface area contributed by atoms with E-state index in [4.69, 9.17) is 9.26 Å². The second-order valence-corrected chi connectivity index (χ2v) is 8.18. The van der Waals surface area contributed by atoms with Crippen molar-refractivity contribution in [1.82, 2.24) is 30.1 Å².